The zero-order valence-electron chi connectivity index (χ0n) is 16.9. The number of ether oxygens (including phenoxy) is 1. The highest BCUT2D eigenvalue weighted by Crippen LogP contribution is 2.41. The van der Waals surface area contributed by atoms with Gasteiger partial charge in [-0.2, -0.15) is 21.6 Å². The van der Waals surface area contributed by atoms with E-state index in [1.165, 1.54) is 48.7 Å². The van der Waals surface area contributed by atoms with E-state index in [1.807, 2.05) is 0 Å². The van der Waals surface area contributed by atoms with Gasteiger partial charge in [-0.05, 0) is 29.8 Å². The molecule has 2 atom stereocenters. The normalized spacial score (nSPS) is 18.3. The molecule has 2 N–H and O–H groups in total. The van der Waals surface area contributed by atoms with Crippen molar-refractivity contribution in [3.05, 3.63) is 77.9 Å². The van der Waals surface area contributed by atoms with Crippen molar-refractivity contribution in [2.45, 2.75) is 18.0 Å². The lowest BCUT2D eigenvalue weighted by molar-refractivity contribution is -0.0429. The molecule has 0 fully saturated rings. The SMILES string of the molecule is O=S(=O)(Nc1ccccc1-c1ccc2c(c1)OC[C@@H](Cc1ncccc1F)[C@@H]2O)C(F)(F)F. The van der Waals surface area contributed by atoms with E-state index in [0.717, 1.165) is 0 Å². The Morgan fingerprint density at radius 3 is 2.61 bits per heavy atom. The van der Waals surface area contributed by atoms with Crippen LogP contribution in [0, 0.1) is 11.7 Å². The van der Waals surface area contributed by atoms with Crippen molar-refractivity contribution < 1.29 is 35.8 Å². The highest BCUT2D eigenvalue weighted by atomic mass is 32.2. The highest BCUT2D eigenvalue weighted by molar-refractivity contribution is 7.93. The van der Waals surface area contributed by atoms with E-state index in [9.17, 15) is 31.1 Å². The number of halogens is 4. The molecular weight excluding hydrogens is 464 g/mol. The van der Waals surface area contributed by atoms with Crippen molar-refractivity contribution in [1.82, 2.24) is 4.98 Å². The lowest BCUT2D eigenvalue weighted by Gasteiger charge is -2.30. The molecule has 2 heterocycles. The number of aliphatic hydroxyl groups is 1. The average molecular weight is 482 g/mol. The minimum absolute atomic E-state index is 0.0655. The van der Waals surface area contributed by atoms with Gasteiger partial charge in [0.2, 0.25) is 0 Å². The number of nitrogens with zero attached hydrogens (tertiary/aromatic N) is 1. The molecule has 4 rings (SSSR count). The van der Waals surface area contributed by atoms with Crippen LogP contribution < -0.4 is 9.46 Å². The molecule has 0 amide bonds. The van der Waals surface area contributed by atoms with Gasteiger partial charge >= 0.3 is 15.5 Å². The predicted octanol–water partition coefficient (Wildman–Crippen LogP) is 4.43. The van der Waals surface area contributed by atoms with Crippen LogP contribution in [0.15, 0.2) is 60.8 Å². The number of alkyl halides is 3. The molecule has 6 nitrogen and oxygen atoms in total. The summed E-state index contributed by atoms with van der Waals surface area (Å²) < 4.78 is 82.8. The van der Waals surface area contributed by atoms with E-state index in [1.54, 1.807) is 16.9 Å². The molecule has 0 saturated carbocycles. The second-order valence-electron chi connectivity index (χ2n) is 7.50. The molecule has 11 heteroatoms. The third-order valence-corrected chi connectivity index (χ3v) is 6.41. The van der Waals surface area contributed by atoms with Crippen LogP contribution in [0.5, 0.6) is 5.75 Å². The van der Waals surface area contributed by atoms with Crippen molar-refractivity contribution >= 4 is 15.7 Å². The van der Waals surface area contributed by atoms with Crippen LogP contribution in [-0.4, -0.2) is 30.6 Å². The Kier molecular flexibility index (Phi) is 6.02. The summed E-state index contributed by atoms with van der Waals surface area (Å²) in [6.45, 7) is 0.0655. The van der Waals surface area contributed by atoms with Crippen LogP contribution in [0.4, 0.5) is 23.2 Å². The van der Waals surface area contributed by atoms with Gasteiger partial charge in [-0.25, -0.2) is 4.39 Å². The van der Waals surface area contributed by atoms with E-state index >= 15 is 0 Å². The Morgan fingerprint density at radius 1 is 1.12 bits per heavy atom. The largest absolute Gasteiger partial charge is 0.516 e. The zero-order chi connectivity index (χ0) is 23.8. The van der Waals surface area contributed by atoms with E-state index in [-0.39, 0.29) is 30.0 Å². The van der Waals surface area contributed by atoms with Crippen LogP contribution in [-0.2, 0) is 16.4 Å². The maximum Gasteiger partial charge on any atom is 0.516 e. The summed E-state index contributed by atoms with van der Waals surface area (Å²) in [5, 5.41) is 10.8. The Balaban J connectivity index is 1.61. The highest BCUT2D eigenvalue weighted by Gasteiger charge is 2.46. The van der Waals surface area contributed by atoms with Crippen molar-refractivity contribution in [2.75, 3.05) is 11.3 Å². The van der Waals surface area contributed by atoms with Crippen LogP contribution in [0.2, 0.25) is 0 Å². The lowest BCUT2D eigenvalue weighted by Crippen LogP contribution is -2.30. The first-order valence-electron chi connectivity index (χ1n) is 9.79. The van der Waals surface area contributed by atoms with Crippen LogP contribution >= 0.6 is 0 Å². The van der Waals surface area contributed by atoms with E-state index in [4.69, 9.17) is 4.74 Å². The molecule has 0 radical (unpaired) electrons. The number of pyridine rings is 1. The average Bonchev–Trinajstić information content (AvgIpc) is 2.76. The number of aliphatic hydroxyl groups excluding tert-OH is 1. The maximum absolute atomic E-state index is 13.9. The van der Waals surface area contributed by atoms with Gasteiger partial charge < -0.3 is 9.84 Å². The fraction of sp³-hybridized carbons (Fsp3) is 0.227. The number of benzene rings is 2. The molecule has 174 valence electrons. The Hall–Kier alpha value is -3.18. The third-order valence-electron chi connectivity index (χ3n) is 5.31. The molecule has 33 heavy (non-hydrogen) atoms. The number of hydrogen-bond acceptors (Lipinski definition) is 5. The number of fused-ring (bicyclic) bond motifs is 1. The summed E-state index contributed by atoms with van der Waals surface area (Å²) in [5.41, 5.74) is -4.50. The molecule has 1 aromatic heterocycles. The molecular formula is C22H18F4N2O4S. The molecule has 1 aliphatic heterocycles. The summed E-state index contributed by atoms with van der Waals surface area (Å²) in [7, 11) is -5.61. The standard InChI is InChI=1S/C22H18F4N2O4S/c23-17-5-3-9-27-19(17)10-14-12-32-20-11-13(7-8-16(20)21(14)29)15-4-1-2-6-18(15)28-33(30,31)22(24,25)26/h1-9,11,14,21,28-29H,10,12H2/t14-,21+/m1/s1. The van der Waals surface area contributed by atoms with Crippen LogP contribution in [0.3, 0.4) is 0 Å². The van der Waals surface area contributed by atoms with Crippen molar-refractivity contribution in [3.8, 4) is 16.9 Å². The van der Waals surface area contributed by atoms with E-state index < -0.39 is 33.4 Å². The van der Waals surface area contributed by atoms with Gasteiger partial charge in [0.15, 0.2) is 0 Å². The number of aromatic nitrogens is 1. The second kappa shape index (κ2) is 8.64. The first-order valence-corrected chi connectivity index (χ1v) is 11.3. The molecule has 2 aromatic carbocycles. The number of nitrogens with one attached hydrogen (secondary N) is 1. The summed E-state index contributed by atoms with van der Waals surface area (Å²) in [5.74, 6) is -0.645. The van der Waals surface area contributed by atoms with E-state index in [2.05, 4.69) is 4.98 Å². The smallest absolute Gasteiger partial charge is 0.493 e. The number of sulfonamides is 1. The van der Waals surface area contributed by atoms with Gasteiger partial charge in [-0.1, -0.05) is 30.3 Å². The predicted molar refractivity (Wildman–Crippen MR) is 112 cm³/mol. The number of hydrogen-bond donors (Lipinski definition) is 2. The third kappa shape index (κ3) is 4.64. The van der Waals surface area contributed by atoms with Crippen LogP contribution in [0.1, 0.15) is 17.4 Å². The number of rotatable bonds is 5. The van der Waals surface area contributed by atoms with Crippen molar-refractivity contribution in [2.24, 2.45) is 5.92 Å². The summed E-state index contributed by atoms with van der Waals surface area (Å²) in [4.78, 5) is 3.99. The fourth-order valence-corrected chi connectivity index (χ4v) is 4.21. The van der Waals surface area contributed by atoms with Gasteiger partial charge in [-0.15, -0.1) is 0 Å². The van der Waals surface area contributed by atoms with Gasteiger partial charge in [0.25, 0.3) is 0 Å². The molecule has 0 aliphatic carbocycles. The first kappa shape index (κ1) is 23.0. The quantitative estimate of drug-likeness (QED) is 0.526. The monoisotopic (exact) mass is 482 g/mol. The molecule has 3 aromatic rings. The number of anilines is 1. The van der Waals surface area contributed by atoms with E-state index in [0.29, 0.717) is 16.9 Å². The van der Waals surface area contributed by atoms with Crippen molar-refractivity contribution in [1.29, 1.82) is 0 Å². The topological polar surface area (TPSA) is 88.5 Å². The minimum Gasteiger partial charge on any atom is -0.493 e. The van der Waals surface area contributed by atoms with Gasteiger partial charge in [0.1, 0.15) is 11.6 Å². The molecule has 1 aliphatic rings. The minimum atomic E-state index is -5.61. The molecule has 0 unspecified atom stereocenters. The molecule has 0 spiro atoms. The van der Waals surface area contributed by atoms with Gasteiger partial charge in [0, 0.05) is 29.7 Å². The zero-order valence-corrected chi connectivity index (χ0v) is 17.7. The van der Waals surface area contributed by atoms with Gasteiger partial charge in [-0.3, -0.25) is 9.71 Å². The summed E-state index contributed by atoms with van der Waals surface area (Å²) in [6, 6.07) is 13.0. The van der Waals surface area contributed by atoms with Crippen molar-refractivity contribution in [3.63, 3.8) is 0 Å². The Labute approximate surface area is 186 Å². The maximum atomic E-state index is 13.9. The second-order valence-corrected chi connectivity index (χ2v) is 9.18. The first-order chi connectivity index (χ1) is 15.6. The molecule has 0 bridgehead atoms. The number of para-hydroxylation sites is 1. The lowest BCUT2D eigenvalue weighted by atomic mass is 9.88. The van der Waals surface area contributed by atoms with Crippen LogP contribution in [0.25, 0.3) is 11.1 Å². The fourth-order valence-electron chi connectivity index (χ4n) is 3.63. The Bertz CT molecular complexity index is 1280. The van der Waals surface area contributed by atoms with Gasteiger partial charge in [0.05, 0.1) is 24.1 Å². The Morgan fingerprint density at radius 2 is 1.88 bits per heavy atom. The summed E-state index contributed by atoms with van der Waals surface area (Å²) >= 11 is 0. The molecule has 0 saturated heterocycles. The summed E-state index contributed by atoms with van der Waals surface area (Å²) in [6.07, 6.45) is 0.624.